The highest BCUT2D eigenvalue weighted by molar-refractivity contribution is 5.92. The molecule has 1 amide bonds. The zero-order valence-electron chi connectivity index (χ0n) is 13.9. The number of carbonyl (C=O) groups excluding carboxylic acids is 1. The first-order valence-electron chi connectivity index (χ1n) is 7.84. The van der Waals surface area contributed by atoms with Crippen molar-refractivity contribution < 1.29 is 4.79 Å². The van der Waals surface area contributed by atoms with E-state index in [1.165, 1.54) is 0 Å². The highest BCUT2D eigenvalue weighted by Crippen LogP contribution is 2.12. The van der Waals surface area contributed by atoms with Gasteiger partial charge in [-0.2, -0.15) is 0 Å². The van der Waals surface area contributed by atoms with Crippen molar-refractivity contribution >= 4 is 11.7 Å². The van der Waals surface area contributed by atoms with Crippen LogP contribution in [-0.2, 0) is 6.54 Å². The minimum absolute atomic E-state index is 0.197. The topological polar surface area (TPSA) is 71.0 Å². The zero-order chi connectivity index (χ0) is 16.7. The van der Waals surface area contributed by atoms with E-state index >= 15 is 0 Å². The maximum Gasteiger partial charge on any atom is 0.270 e. The number of nitrogens with one attached hydrogen (secondary N) is 1. The summed E-state index contributed by atoms with van der Waals surface area (Å²) in [5.41, 5.74) is 1.39. The number of nitrogens with zero attached hydrogens (tertiary/aromatic N) is 4. The molecule has 2 aromatic heterocycles. The van der Waals surface area contributed by atoms with Gasteiger partial charge in [-0.1, -0.05) is 13.3 Å². The molecule has 23 heavy (non-hydrogen) atoms. The predicted molar refractivity (Wildman–Crippen MR) is 90.4 cm³/mol. The van der Waals surface area contributed by atoms with Crippen molar-refractivity contribution in [2.45, 2.75) is 33.2 Å². The number of pyridine rings is 1. The highest BCUT2D eigenvalue weighted by atomic mass is 16.1. The fraction of sp³-hybridized carbons (Fsp3) is 0.412. The van der Waals surface area contributed by atoms with Crippen molar-refractivity contribution in [1.82, 2.24) is 20.3 Å². The Bertz CT molecular complexity index is 645. The van der Waals surface area contributed by atoms with Gasteiger partial charge in [0.15, 0.2) is 0 Å². The molecule has 0 aliphatic heterocycles. The molecule has 0 radical (unpaired) electrons. The highest BCUT2D eigenvalue weighted by Gasteiger charge is 2.12. The Balaban J connectivity index is 2.06. The summed E-state index contributed by atoms with van der Waals surface area (Å²) in [6.45, 7) is 5.31. The molecule has 0 fully saturated rings. The van der Waals surface area contributed by atoms with Gasteiger partial charge in [-0.25, -0.2) is 9.97 Å². The van der Waals surface area contributed by atoms with E-state index in [1.54, 1.807) is 25.4 Å². The van der Waals surface area contributed by atoms with E-state index in [0.29, 0.717) is 18.1 Å². The molecule has 122 valence electrons. The molecule has 2 aromatic rings. The fourth-order valence-corrected chi connectivity index (χ4v) is 2.15. The van der Waals surface area contributed by atoms with Crippen LogP contribution in [0, 0.1) is 6.92 Å². The lowest BCUT2D eigenvalue weighted by Gasteiger charge is -2.18. The monoisotopic (exact) mass is 313 g/mol. The van der Waals surface area contributed by atoms with Gasteiger partial charge >= 0.3 is 0 Å². The van der Waals surface area contributed by atoms with Crippen LogP contribution >= 0.6 is 0 Å². The van der Waals surface area contributed by atoms with E-state index in [-0.39, 0.29) is 5.91 Å². The zero-order valence-corrected chi connectivity index (χ0v) is 13.9. The van der Waals surface area contributed by atoms with E-state index in [9.17, 15) is 4.79 Å². The Morgan fingerprint density at radius 3 is 2.70 bits per heavy atom. The minimum Gasteiger partial charge on any atom is -0.360 e. The van der Waals surface area contributed by atoms with Crippen molar-refractivity contribution in [3.05, 3.63) is 47.7 Å². The number of carbonyl (C=O) groups is 1. The average molecular weight is 313 g/mol. The molecule has 0 spiro atoms. The number of aryl methyl sites for hydroxylation is 1. The number of amides is 1. The Morgan fingerprint density at radius 1 is 1.26 bits per heavy atom. The summed E-state index contributed by atoms with van der Waals surface area (Å²) in [4.78, 5) is 27.0. The number of hydrogen-bond donors (Lipinski definition) is 1. The minimum atomic E-state index is -0.197. The maximum atomic E-state index is 12.3. The smallest absolute Gasteiger partial charge is 0.270 e. The summed E-state index contributed by atoms with van der Waals surface area (Å²) >= 11 is 0. The van der Waals surface area contributed by atoms with Crippen molar-refractivity contribution in [2.24, 2.45) is 0 Å². The van der Waals surface area contributed by atoms with Gasteiger partial charge in [0.25, 0.3) is 5.91 Å². The molecule has 0 aromatic carbocycles. The van der Waals surface area contributed by atoms with Crippen LogP contribution in [0.2, 0.25) is 0 Å². The second-order valence-electron chi connectivity index (χ2n) is 5.47. The van der Waals surface area contributed by atoms with E-state index in [4.69, 9.17) is 0 Å². The molecule has 0 saturated carbocycles. The van der Waals surface area contributed by atoms with Crippen LogP contribution in [0.1, 0.15) is 41.6 Å². The summed E-state index contributed by atoms with van der Waals surface area (Å²) in [6.07, 6.45) is 5.62. The lowest BCUT2D eigenvalue weighted by molar-refractivity contribution is 0.0945. The van der Waals surface area contributed by atoms with Gasteiger partial charge in [-0.05, 0) is 31.0 Å². The lowest BCUT2D eigenvalue weighted by atomic mass is 10.2. The number of aromatic nitrogens is 3. The molecule has 1 N–H and O–H groups in total. The van der Waals surface area contributed by atoms with Crippen LogP contribution in [0.15, 0.2) is 30.6 Å². The largest absolute Gasteiger partial charge is 0.360 e. The molecular weight excluding hydrogens is 290 g/mol. The first-order chi connectivity index (χ1) is 11.1. The molecule has 0 bridgehead atoms. The van der Waals surface area contributed by atoms with E-state index in [1.807, 2.05) is 19.2 Å². The third-order valence-electron chi connectivity index (χ3n) is 3.50. The number of rotatable bonds is 7. The van der Waals surface area contributed by atoms with Crippen molar-refractivity contribution in [3.63, 3.8) is 0 Å². The standard InChI is InChI=1S/C17H23N5O/c1-4-5-10-22(3)16-11-15(20-13(2)21-16)17(23)19-12-14-6-8-18-9-7-14/h6-9,11H,4-5,10,12H2,1-3H3,(H,19,23). The van der Waals surface area contributed by atoms with Gasteiger partial charge < -0.3 is 10.2 Å². The SMILES string of the molecule is CCCCN(C)c1cc(C(=O)NCc2ccncc2)nc(C)n1. The second-order valence-corrected chi connectivity index (χ2v) is 5.47. The van der Waals surface area contributed by atoms with Gasteiger partial charge in [0.05, 0.1) is 0 Å². The molecule has 0 unspecified atom stereocenters. The summed E-state index contributed by atoms with van der Waals surface area (Å²) in [5.74, 6) is 1.18. The molecular formula is C17H23N5O. The molecule has 0 atom stereocenters. The van der Waals surface area contributed by atoms with Crippen LogP contribution < -0.4 is 10.2 Å². The van der Waals surface area contributed by atoms with Crippen molar-refractivity contribution in [3.8, 4) is 0 Å². The van der Waals surface area contributed by atoms with Gasteiger partial charge in [-0.3, -0.25) is 9.78 Å². The summed E-state index contributed by atoms with van der Waals surface area (Å²) in [5, 5.41) is 2.88. The quantitative estimate of drug-likeness (QED) is 0.849. The van der Waals surface area contributed by atoms with Gasteiger partial charge in [0.2, 0.25) is 0 Å². The Morgan fingerprint density at radius 2 is 2.00 bits per heavy atom. The van der Waals surface area contributed by atoms with Crippen LogP contribution in [0.3, 0.4) is 0 Å². The van der Waals surface area contributed by atoms with Crippen LogP contribution in [-0.4, -0.2) is 34.5 Å². The molecule has 2 heterocycles. The van der Waals surface area contributed by atoms with Gasteiger partial charge in [0.1, 0.15) is 17.3 Å². The molecule has 0 saturated heterocycles. The van der Waals surface area contributed by atoms with Crippen LogP contribution in [0.25, 0.3) is 0 Å². The number of hydrogen-bond acceptors (Lipinski definition) is 5. The summed E-state index contributed by atoms with van der Waals surface area (Å²) < 4.78 is 0. The van der Waals surface area contributed by atoms with Gasteiger partial charge in [-0.15, -0.1) is 0 Å². The fourth-order valence-electron chi connectivity index (χ4n) is 2.15. The second kappa shape index (κ2) is 8.22. The molecule has 6 nitrogen and oxygen atoms in total. The Kier molecular flexibility index (Phi) is 6.02. The van der Waals surface area contributed by atoms with Crippen molar-refractivity contribution in [1.29, 1.82) is 0 Å². The summed E-state index contributed by atoms with van der Waals surface area (Å²) in [7, 11) is 1.98. The van der Waals surface area contributed by atoms with E-state index in [0.717, 1.165) is 30.8 Å². The average Bonchev–Trinajstić information content (AvgIpc) is 2.57. The number of unbranched alkanes of at least 4 members (excludes halogenated alkanes) is 1. The first-order valence-corrected chi connectivity index (χ1v) is 7.84. The predicted octanol–water partition coefficient (Wildman–Crippen LogP) is 2.35. The third-order valence-corrected chi connectivity index (χ3v) is 3.50. The third kappa shape index (κ3) is 5.02. The van der Waals surface area contributed by atoms with E-state index in [2.05, 4.69) is 32.1 Å². The maximum absolute atomic E-state index is 12.3. The Hall–Kier alpha value is -2.50. The normalized spacial score (nSPS) is 10.4. The number of anilines is 1. The first kappa shape index (κ1) is 16.9. The summed E-state index contributed by atoms with van der Waals surface area (Å²) in [6, 6.07) is 5.48. The van der Waals surface area contributed by atoms with E-state index < -0.39 is 0 Å². The molecule has 0 aliphatic carbocycles. The molecule has 2 rings (SSSR count). The molecule has 6 heteroatoms. The van der Waals surface area contributed by atoms with Crippen molar-refractivity contribution in [2.75, 3.05) is 18.5 Å². The van der Waals surface area contributed by atoms with Crippen LogP contribution in [0.5, 0.6) is 0 Å². The molecule has 0 aliphatic rings. The van der Waals surface area contributed by atoms with Gasteiger partial charge in [0, 0.05) is 38.6 Å². The lowest BCUT2D eigenvalue weighted by Crippen LogP contribution is -2.26. The Labute approximate surface area is 137 Å². The van der Waals surface area contributed by atoms with Crippen LogP contribution in [0.4, 0.5) is 5.82 Å².